The number of ether oxygens (including phenoxy) is 3. The van der Waals surface area contributed by atoms with Crippen LogP contribution >= 0.6 is 0 Å². The zero-order valence-electron chi connectivity index (χ0n) is 24.0. The third kappa shape index (κ3) is 10.7. The van der Waals surface area contributed by atoms with Crippen LogP contribution < -0.4 is 4.74 Å². The molecule has 3 unspecified atom stereocenters. The normalized spacial score (nSPS) is 24.8. The van der Waals surface area contributed by atoms with Gasteiger partial charge in [-0.05, 0) is 80.4 Å². The first-order valence-electron chi connectivity index (χ1n) is 15.2. The number of rotatable bonds is 15. The fourth-order valence-electron chi connectivity index (χ4n) is 6.47. The number of aliphatic hydroxyl groups is 1. The van der Waals surface area contributed by atoms with Crippen LogP contribution in [0.4, 0.5) is 0 Å². The molecule has 5 nitrogen and oxygen atoms in total. The van der Waals surface area contributed by atoms with Gasteiger partial charge in [-0.1, -0.05) is 77.0 Å². The number of aryl methyl sites for hydroxylation is 1. The average Bonchev–Trinajstić information content (AvgIpc) is 3.18. The molecule has 0 amide bonds. The van der Waals surface area contributed by atoms with E-state index in [0.717, 1.165) is 35.8 Å². The van der Waals surface area contributed by atoms with Crippen molar-refractivity contribution in [3.05, 3.63) is 42.0 Å². The highest BCUT2D eigenvalue weighted by Crippen LogP contribution is 2.41. The predicted molar refractivity (Wildman–Crippen MR) is 153 cm³/mol. The largest absolute Gasteiger partial charge is 0.491 e. The minimum absolute atomic E-state index is 0.00140. The van der Waals surface area contributed by atoms with Gasteiger partial charge in [-0.2, -0.15) is 0 Å². The van der Waals surface area contributed by atoms with Crippen LogP contribution in [0.3, 0.4) is 0 Å². The van der Waals surface area contributed by atoms with Gasteiger partial charge in [-0.25, -0.2) is 4.79 Å². The SMILES string of the molecule is C=C(C)C(=O)OCC(CO)OCCOc1ccc(CCC2CCCC(C3CCC(CCC)CC3)CC2)cc1. The maximum absolute atomic E-state index is 11.5. The van der Waals surface area contributed by atoms with Gasteiger partial charge in [0.15, 0.2) is 0 Å². The predicted octanol–water partition coefficient (Wildman–Crippen LogP) is 7.30. The van der Waals surface area contributed by atoms with E-state index >= 15 is 0 Å². The lowest BCUT2D eigenvalue weighted by atomic mass is 9.72. The number of esters is 1. The van der Waals surface area contributed by atoms with Crippen LogP contribution in [0.25, 0.3) is 0 Å². The van der Waals surface area contributed by atoms with Crippen molar-refractivity contribution in [3.8, 4) is 5.75 Å². The molecule has 2 fully saturated rings. The van der Waals surface area contributed by atoms with Crippen molar-refractivity contribution in [2.75, 3.05) is 26.4 Å². The molecule has 3 atom stereocenters. The van der Waals surface area contributed by atoms with Gasteiger partial charge in [0.25, 0.3) is 0 Å². The Balaban J connectivity index is 1.30. The van der Waals surface area contributed by atoms with Crippen LogP contribution in [-0.4, -0.2) is 43.6 Å². The molecule has 0 heterocycles. The van der Waals surface area contributed by atoms with Gasteiger partial charge in [0, 0.05) is 5.57 Å². The first-order chi connectivity index (χ1) is 18.5. The summed E-state index contributed by atoms with van der Waals surface area (Å²) in [6.07, 6.45) is 17.8. The van der Waals surface area contributed by atoms with Crippen molar-refractivity contribution < 1.29 is 24.1 Å². The van der Waals surface area contributed by atoms with Crippen molar-refractivity contribution in [3.63, 3.8) is 0 Å². The standard InChI is InChI=1S/C33H52O5/c1-4-6-26-11-17-30(18-12-26)29-8-5-7-27(13-16-29)9-10-28-14-19-31(20-15-28)36-21-22-37-32(23-34)24-38-33(35)25(2)3/h14-15,19-20,26-27,29-30,32,34H,2,4-13,16-18,21-24H2,1,3H3. The summed E-state index contributed by atoms with van der Waals surface area (Å²) in [7, 11) is 0. The van der Waals surface area contributed by atoms with Crippen LogP contribution in [0.15, 0.2) is 36.4 Å². The van der Waals surface area contributed by atoms with Crippen LogP contribution in [0.5, 0.6) is 5.75 Å². The molecule has 0 aliphatic heterocycles. The number of carbonyl (C=O) groups excluding carboxylic acids is 1. The minimum atomic E-state index is -0.565. The van der Waals surface area contributed by atoms with Gasteiger partial charge >= 0.3 is 5.97 Å². The molecule has 0 saturated heterocycles. The molecule has 1 aromatic carbocycles. The van der Waals surface area contributed by atoms with Crippen molar-refractivity contribution in [1.29, 1.82) is 0 Å². The molecule has 1 N–H and O–H groups in total. The van der Waals surface area contributed by atoms with Crippen molar-refractivity contribution in [2.45, 2.75) is 103 Å². The molecule has 2 aliphatic carbocycles. The second-order valence-electron chi connectivity index (χ2n) is 11.8. The first kappa shape index (κ1) is 30.7. The van der Waals surface area contributed by atoms with Gasteiger partial charge < -0.3 is 19.3 Å². The minimum Gasteiger partial charge on any atom is -0.491 e. The molecule has 214 valence electrons. The van der Waals surface area contributed by atoms with Crippen LogP contribution in [0.2, 0.25) is 0 Å². The summed E-state index contributed by atoms with van der Waals surface area (Å²) in [4.78, 5) is 11.5. The Morgan fingerprint density at radius 3 is 2.24 bits per heavy atom. The summed E-state index contributed by atoms with van der Waals surface area (Å²) in [5.41, 5.74) is 1.70. The number of carbonyl (C=O) groups is 1. The third-order valence-corrected chi connectivity index (χ3v) is 8.81. The van der Waals surface area contributed by atoms with E-state index in [9.17, 15) is 9.90 Å². The maximum Gasteiger partial charge on any atom is 0.333 e. The molecule has 5 heteroatoms. The summed E-state index contributed by atoms with van der Waals surface area (Å²) in [6, 6.07) is 8.42. The van der Waals surface area contributed by atoms with Gasteiger partial charge in [-0.3, -0.25) is 0 Å². The van der Waals surface area contributed by atoms with E-state index in [1.807, 2.05) is 12.1 Å². The fourth-order valence-corrected chi connectivity index (χ4v) is 6.47. The summed E-state index contributed by atoms with van der Waals surface area (Å²) in [5, 5.41) is 9.40. The highest BCUT2D eigenvalue weighted by molar-refractivity contribution is 5.86. The highest BCUT2D eigenvalue weighted by atomic mass is 16.6. The van der Waals surface area contributed by atoms with Crippen molar-refractivity contribution >= 4 is 5.97 Å². The molecule has 1 aromatic rings. The van der Waals surface area contributed by atoms with E-state index in [0.29, 0.717) is 18.8 Å². The molecular weight excluding hydrogens is 476 g/mol. The molecule has 2 aliphatic rings. The zero-order chi connectivity index (χ0) is 27.2. The van der Waals surface area contributed by atoms with Gasteiger partial charge in [0.2, 0.25) is 0 Å². The number of aliphatic hydroxyl groups excluding tert-OH is 1. The molecule has 38 heavy (non-hydrogen) atoms. The molecule has 3 rings (SSSR count). The molecule has 0 bridgehead atoms. The van der Waals surface area contributed by atoms with Gasteiger partial charge in [0.05, 0.1) is 13.2 Å². The molecule has 0 radical (unpaired) electrons. The highest BCUT2D eigenvalue weighted by Gasteiger charge is 2.29. The molecule has 0 spiro atoms. The van der Waals surface area contributed by atoms with E-state index in [2.05, 4.69) is 25.6 Å². The summed E-state index contributed by atoms with van der Waals surface area (Å²) in [5.74, 6) is 4.22. The molecular formula is C33H52O5. The smallest absolute Gasteiger partial charge is 0.333 e. The average molecular weight is 529 g/mol. The Hall–Kier alpha value is -1.85. The van der Waals surface area contributed by atoms with Gasteiger partial charge in [-0.15, -0.1) is 0 Å². The Labute approximate surface area is 231 Å². The number of hydrogen-bond donors (Lipinski definition) is 1. The van der Waals surface area contributed by atoms with E-state index in [1.165, 1.54) is 82.6 Å². The number of hydrogen-bond acceptors (Lipinski definition) is 5. The van der Waals surface area contributed by atoms with E-state index in [1.54, 1.807) is 6.92 Å². The van der Waals surface area contributed by atoms with Crippen LogP contribution in [0, 0.1) is 23.7 Å². The maximum atomic E-state index is 11.5. The van der Waals surface area contributed by atoms with Crippen molar-refractivity contribution in [2.24, 2.45) is 23.7 Å². The molecule has 2 saturated carbocycles. The fraction of sp³-hybridized carbons (Fsp3) is 0.727. The Morgan fingerprint density at radius 1 is 0.947 bits per heavy atom. The Bertz CT molecular complexity index is 811. The zero-order valence-corrected chi connectivity index (χ0v) is 24.0. The summed E-state index contributed by atoms with van der Waals surface area (Å²) < 4.78 is 16.4. The third-order valence-electron chi connectivity index (χ3n) is 8.81. The monoisotopic (exact) mass is 528 g/mol. The molecule has 0 aromatic heterocycles. The lowest BCUT2D eigenvalue weighted by Gasteiger charge is -2.33. The topological polar surface area (TPSA) is 65.0 Å². The lowest BCUT2D eigenvalue weighted by Crippen LogP contribution is -2.27. The van der Waals surface area contributed by atoms with E-state index < -0.39 is 12.1 Å². The van der Waals surface area contributed by atoms with Crippen LogP contribution in [0.1, 0.15) is 96.5 Å². The second kappa shape index (κ2) is 17.0. The van der Waals surface area contributed by atoms with E-state index in [-0.39, 0.29) is 13.2 Å². The summed E-state index contributed by atoms with van der Waals surface area (Å²) in [6.45, 7) is 7.91. The summed E-state index contributed by atoms with van der Waals surface area (Å²) >= 11 is 0. The number of benzene rings is 1. The second-order valence-corrected chi connectivity index (χ2v) is 11.8. The van der Waals surface area contributed by atoms with E-state index in [4.69, 9.17) is 14.2 Å². The van der Waals surface area contributed by atoms with Gasteiger partial charge in [0.1, 0.15) is 25.1 Å². The Morgan fingerprint density at radius 2 is 1.61 bits per heavy atom. The van der Waals surface area contributed by atoms with Crippen molar-refractivity contribution in [1.82, 2.24) is 0 Å². The van der Waals surface area contributed by atoms with Crippen LogP contribution in [-0.2, 0) is 20.7 Å². The Kier molecular flexibility index (Phi) is 13.7. The quantitative estimate of drug-likeness (QED) is 0.112. The first-order valence-corrected chi connectivity index (χ1v) is 15.2. The lowest BCUT2D eigenvalue weighted by molar-refractivity contribution is -0.144.